The van der Waals surface area contributed by atoms with Crippen molar-refractivity contribution in [1.29, 1.82) is 0 Å². The molecule has 3 rings (SSSR count). The number of nitrogens with one attached hydrogen (secondary N) is 3. The number of amides is 4. The van der Waals surface area contributed by atoms with Crippen LogP contribution in [0, 0.1) is 0 Å². The van der Waals surface area contributed by atoms with E-state index >= 15 is 0 Å². The largest absolute Gasteiger partial charge is 0.347 e. The van der Waals surface area contributed by atoms with Gasteiger partial charge in [0.2, 0.25) is 5.91 Å². The fourth-order valence-electron chi connectivity index (χ4n) is 3.22. The van der Waals surface area contributed by atoms with Crippen molar-refractivity contribution in [3.63, 3.8) is 0 Å². The van der Waals surface area contributed by atoms with E-state index in [9.17, 15) is 19.2 Å². The highest BCUT2D eigenvalue weighted by Gasteiger charge is 2.26. The highest BCUT2D eigenvalue weighted by atomic mass is 35.5. The van der Waals surface area contributed by atoms with Gasteiger partial charge in [-0.2, -0.15) is 0 Å². The van der Waals surface area contributed by atoms with Gasteiger partial charge in [-0.05, 0) is 36.4 Å². The van der Waals surface area contributed by atoms with E-state index in [1.54, 1.807) is 12.3 Å². The van der Waals surface area contributed by atoms with Gasteiger partial charge in [-0.15, -0.1) is 12.4 Å². The number of pyridine rings is 2. The van der Waals surface area contributed by atoms with Crippen molar-refractivity contribution in [3.05, 3.63) is 52.4 Å². The molecule has 1 atom stereocenters. The van der Waals surface area contributed by atoms with Crippen LogP contribution in [0.5, 0.6) is 0 Å². The van der Waals surface area contributed by atoms with Crippen LogP contribution in [0.15, 0.2) is 30.6 Å². The zero-order chi connectivity index (χ0) is 24.1. The molecule has 1 aliphatic heterocycles. The van der Waals surface area contributed by atoms with Crippen molar-refractivity contribution < 1.29 is 19.2 Å². The summed E-state index contributed by atoms with van der Waals surface area (Å²) in [5, 5.41) is 7.65. The van der Waals surface area contributed by atoms with Gasteiger partial charge in [0, 0.05) is 46.1 Å². The fraction of sp³-hybridized carbons (Fsp3) is 0.333. The number of rotatable bonds is 6. The summed E-state index contributed by atoms with van der Waals surface area (Å²) in [6, 6.07) is 3.54. The average Bonchev–Trinajstić information content (AvgIpc) is 3.16. The average molecular weight is 510 g/mol. The number of aromatic nitrogens is 2. The first-order valence-electron chi connectivity index (χ1n) is 10.0. The molecule has 4 amide bonds. The fourth-order valence-corrected chi connectivity index (χ4v) is 3.33. The molecular weight excluding hydrogens is 485 g/mol. The summed E-state index contributed by atoms with van der Waals surface area (Å²) in [6.07, 6.45) is 2.97. The molecule has 0 bridgehead atoms. The topological polar surface area (TPSA) is 137 Å². The standard InChI is InChI=1S/C21H24ClN7O4.ClH/c1-28(2)21(33)16(9-25-19(31)20(32)27-17-5-4-14(22)8-24-17)26-18(30)15-6-12-10-29(3)11-13(12)7-23-15;/h4-8,16H,9-11H2,1-3H3,(H,25,31)(H,26,30)(H,24,27,32);1H/t16-;/m0./s1. The van der Waals surface area contributed by atoms with Crippen LogP contribution in [-0.4, -0.2) is 77.1 Å². The van der Waals surface area contributed by atoms with Crippen molar-refractivity contribution >= 4 is 53.5 Å². The maximum Gasteiger partial charge on any atom is 0.314 e. The highest BCUT2D eigenvalue weighted by molar-refractivity contribution is 6.39. The molecule has 0 spiro atoms. The molecule has 1 aliphatic rings. The molecule has 0 fully saturated rings. The molecule has 0 aliphatic carbocycles. The van der Waals surface area contributed by atoms with Crippen LogP contribution in [0.1, 0.15) is 21.6 Å². The molecule has 13 heteroatoms. The smallest absolute Gasteiger partial charge is 0.314 e. The number of hydrogen-bond donors (Lipinski definition) is 3. The van der Waals surface area contributed by atoms with Gasteiger partial charge in [-0.25, -0.2) is 4.98 Å². The Hall–Kier alpha value is -3.28. The Morgan fingerprint density at radius 2 is 1.79 bits per heavy atom. The molecule has 0 unspecified atom stereocenters. The van der Waals surface area contributed by atoms with E-state index in [4.69, 9.17) is 11.6 Å². The number of anilines is 1. The minimum absolute atomic E-state index is 0. The number of fused-ring (bicyclic) bond motifs is 1. The highest BCUT2D eigenvalue weighted by Crippen LogP contribution is 2.20. The number of nitrogens with zero attached hydrogens (tertiary/aromatic N) is 4. The van der Waals surface area contributed by atoms with Gasteiger partial charge >= 0.3 is 11.8 Å². The first-order valence-corrected chi connectivity index (χ1v) is 10.4. The molecule has 34 heavy (non-hydrogen) atoms. The quantitative estimate of drug-likeness (QED) is 0.480. The van der Waals surface area contributed by atoms with Crippen LogP contribution in [0.3, 0.4) is 0 Å². The second-order valence-electron chi connectivity index (χ2n) is 7.80. The van der Waals surface area contributed by atoms with Crippen LogP contribution in [0.4, 0.5) is 5.82 Å². The van der Waals surface area contributed by atoms with Crippen LogP contribution < -0.4 is 16.0 Å². The van der Waals surface area contributed by atoms with E-state index in [-0.39, 0.29) is 30.5 Å². The van der Waals surface area contributed by atoms with Crippen molar-refractivity contribution in [1.82, 2.24) is 30.4 Å². The predicted octanol–water partition coefficient (Wildman–Crippen LogP) is 0.439. The van der Waals surface area contributed by atoms with Crippen LogP contribution in [0.2, 0.25) is 5.02 Å². The molecule has 0 radical (unpaired) electrons. The molecule has 2 aromatic rings. The van der Waals surface area contributed by atoms with E-state index in [0.717, 1.165) is 17.7 Å². The minimum atomic E-state index is -1.10. The maximum atomic E-state index is 12.7. The third-order valence-corrected chi connectivity index (χ3v) is 5.11. The zero-order valence-corrected chi connectivity index (χ0v) is 20.4. The lowest BCUT2D eigenvalue weighted by Gasteiger charge is -2.22. The van der Waals surface area contributed by atoms with Crippen molar-refractivity contribution in [2.24, 2.45) is 0 Å². The van der Waals surface area contributed by atoms with E-state index in [1.165, 1.54) is 37.3 Å². The van der Waals surface area contributed by atoms with Gasteiger partial charge in [0.05, 0.1) is 5.02 Å². The summed E-state index contributed by atoms with van der Waals surface area (Å²) in [6.45, 7) is 1.16. The zero-order valence-electron chi connectivity index (χ0n) is 18.8. The van der Waals surface area contributed by atoms with E-state index in [1.807, 2.05) is 7.05 Å². The van der Waals surface area contributed by atoms with Crippen molar-refractivity contribution in [2.45, 2.75) is 19.1 Å². The van der Waals surface area contributed by atoms with Crippen LogP contribution >= 0.6 is 24.0 Å². The molecule has 3 N–H and O–H groups in total. The Kier molecular flexibility index (Phi) is 9.30. The van der Waals surface area contributed by atoms with E-state index < -0.39 is 29.7 Å². The summed E-state index contributed by atoms with van der Waals surface area (Å²) in [7, 11) is 5.00. The molecular formula is C21H25Cl2N7O4. The normalized spacial score (nSPS) is 13.2. The molecule has 0 saturated carbocycles. The summed E-state index contributed by atoms with van der Waals surface area (Å²) < 4.78 is 0. The predicted molar refractivity (Wildman–Crippen MR) is 127 cm³/mol. The third-order valence-electron chi connectivity index (χ3n) is 4.88. The lowest BCUT2D eigenvalue weighted by atomic mass is 10.1. The van der Waals surface area contributed by atoms with Crippen molar-refractivity contribution in [2.75, 3.05) is 33.0 Å². The van der Waals surface area contributed by atoms with Crippen LogP contribution in [-0.2, 0) is 27.5 Å². The minimum Gasteiger partial charge on any atom is -0.347 e. The van der Waals surface area contributed by atoms with Gasteiger partial charge in [-0.1, -0.05) is 11.6 Å². The van der Waals surface area contributed by atoms with E-state index in [0.29, 0.717) is 11.6 Å². The Labute approximate surface area is 207 Å². The first kappa shape index (κ1) is 27.0. The summed E-state index contributed by atoms with van der Waals surface area (Å²) in [4.78, 5) is 61.0. The van der Waals surface area contributed by atoms with Crippen LogP contribution in [0.25, 0.3) is 0 Å². The Balaban J connectivity index is 0.00000408. The van der Waals surface area contributed by atoms with Crippen molar-refractivity contribution in [3.8, 4) is 0 Å². The number of hydrogen-bond acceptors (Lipinski definition) is 7. The van der Waals surface area contributed by atoms with Gasteiger partial charge in [-0.3, -0.25) is 29.1 Å². The number of likely N-dealkylation sites (N-methyl/N-ethyl adjacent to an activating group) is 1. The Morgan fingerprint density at radius 1 is 1.09 bits per heavy atom. The summed E-state index contributed by atoms with van der Waals surface area (Å²) in [5.74, 6) is -2.84. The van der Waals surface area contributed by atoms with Gasteiger partial charge in [0.1, 0.15) is 17.6 Å². The van der Waals surface area contributed by atoms with Gasteiger partial charge < -0.3 is 20.9 Å². The third kappa shape index (κ3) is 6.86. The second-order valence-corrected chi connectivity index (χ2v) is 8.23. The summed E-state index contributed by atoms with van der Waals surface area (Å²) >= 11 is 5.74. The molecule has 3 heterocycles. The summed E-state index contributed by atoms with van der Waals surface area (Å²) in [5.41, 5.74) is 2.20. The first-order chi connectivity index (χ1) is 15.6. The molecule has 0 aromatic carbocycles. The lowest BCUT2D eigenvalue weighted by molar-refractivity contribution is -0.136. The Bertz CT molecular complexity index is 1080. The maximum absolute atomic E-state index is 12.7. The lowest BCUT2D eigenvalue weighted by Crippen LogP contribution is -2.53. The molecule has 2 aromatic heterocycles. The monoisotopic (exact) mass is 509 g/mol. The SMILES string of the molecule is CN1Cc2cnc(C(=O)N[C@@H](CNC(=O)C(=O)Nc3ccc(Cl)cn3)C(=O)N(C)C)cc2C1.Cl. The number of carbonyl (C=O) groups is 4. The number of halogens is 2. The molecule has 182 valence electrons. The van der Waals surface area contributed by atoms with E-state index in [2.05, 4.69) is 30.8 Å². The second kappa shape index (κ2) is 11.7. The molecule has 0 saturated heterocycles. The van der Waals surface area contributed by atoms with Gasteiger partial charge in [0.25, 0.3) is 5.91 Å². The van der Waals surface area contributed by atoms with Gasteiger partial charge in [0.15, 0.2) is 0 Å². The Morgan fingerprint density at radius 3 is 2.44 bits per heavy atom. The number of carbonyl (C=O) groups excluding carboxylic acids is 4. The molecule has 11 nitrogen and oxygen atoms in total.